The van der Waals surface area contributed by atoms with Gasteiger partial charge in [-0.1, -0.05) is 56.8 Å². The molecule has 21 heavy (non-hydrogen) atoms. The largest absolute Gasteiger partial charge is 0.486 e. The number of ether oxygens (including phenoxy) is 1. The molecule has 0 aliphatic carbocycles. The summed E-state index contributed by atoms with van der Waals surface area (Å²) in [4.78, 5) is 0. The molecular formula is C19H25NO. The van der Waals surface area contributed by atoms with Gasteiger partial charge < -0.3 is 10.1 Å². The summed E-state index contributed by atoms with van der Waals surface area (Å²) in [6.07, 6.45) is 1.83. The Morgan fingerprint density at radius 3 is 2.62 bits per heavy atom. The lowest BCUT2D eigenvalue weighted by atomic mass is 10.0. The zero-order chi connectivity index (χ0) is 15.2. The third-order valence-electron chi connectivity index (χ3n) is 3.50. The first-order valence-corrected chi connectivity index (χ1v) is 7.62. The third kappa shape index (κ3) is 4.08. The summed E-state index contributed by atoms with van der Waals surface area (Å²) in [6, 6.07) is 12.6. The van der Waals surface area contributed by atoms with Gasteiger partial charge in [0.1, 0.15) is 11.9 Å². The van der Waals surface area contributed by atoms with E-state index >= 15 is 0 Å². The Kier molecular flexibility index (Phi) is 5.40. The van der Waals surface area contributed by atoms with Gasteiger partial charge in [0.15, 0.2) is 0 Å². The summed E-state index contributed by atoms with van der Waals surface area (Å²) in [5.41, 5.74) is 1.22. The van der Waals surface area contributed by atoms with Gasteiger partial charge in [0.05, 0.1) is 0 Å². The fraction of sp³-hybridized carbons (Fsp3) is 0.368. The molecule has 0 saturated carbocycles. The Hall–Kier alpha value is -1.80. The molecular weight excluding hydrogens is 258 g/mol. The van der Waals surface area contributed by atoms with Crippen LogP contribution in [0.2, 0.25) is 0 Å². The van der Waals surface area contributed by atoms with Gasteiger partial charge in [-0.15, -0.1) is 0 Å². The summed E-state index contributed by atoms with van der Waals surface area (Å²) in [5, 5.41) is 6.02. The fourth-order valence-corrected chi connectivity index (χ4v) is 2.34. The van der Waals surface area contributed by atoms with Crippen molar-refractivity contribution in [3.63, 3.8) is 0 Å². The van der Waals surface area contributed by atoms with Crippen LogP contribution in [0.5, 0.6) is 5.75 Å². The van der Waals surface area contributed by atoms with E-state index in [0.29, 0.717) is 5.92 Å². The van der Waals surface area contributed by atoms with Crippen molar-refractivity contribution in [3.05, 3.63) is 54.6 Å². The summed E-state index contributed by atoms with van der Waals surface area (Å²) < 4.78 is 6.00. The second-order valence-corrected chi connectivity index (χ2v) is 5.85. The smallest absolute Gasteiger partial charge is 0.125 e. The summed E-state index contributed by atoms with van der Waals surface area (Å²) in [7, 11) is 0. The van der Waals surface area contributed by atoms with Gasteiger partial charge in [-0.25, -0.2) is 0 Å². The Labute approximate surface area is 127 Å². The van der Waals surface area contributed by atoms with Crippen molar-refractivity contribution in [3.8, 4) is 5.75 Å². The van der Waals surface area contributed by atoms with Crippen LogP contribution in [0.25, 0.3) is 10.8 Å². The average Bonchev–Trinajstić information content (AvgIpc) is 2.48. The summed E-state index contributed by atoms with van der Waals surface area (Å²) in [5.74, 6) is 1.58. The molecule has 0 bridgehead atoms. The van der Waals surface area contributed by atoms with Gasteiger partial charge >= 0.3 is 0 Å². The van der Waals surface area contributed by atoms with Crippen molar-refractivity contribution in [2.75, 3.05) is 6.54 Å². The number of rotatable bonds is 7. The minimum atomic E-state index is 0.00927. The molecule has 112 valence electrons. The first-order valence-electron chi connectivity index (χ1n) is 7.62. The molecule has 0 radical (unpaired) electrons. The van der Waals surface area contributed by atoms with Crippen molar-refractivity contribution in [1.29, 1.82) is 0 Å². The number of hydrogen-bond donors (Lipinski definition) is 1. The molecule has 0 fully saturated rings. The second-order valence-electron chi connectivity index (χ2n) is 5.85. The van der Waals surface area contributed by atoms with Crippen LogP contribution in [0, 0.1) is 5.92 Å². The maximum Gasteiger partial charge on any atom is 0.125 e. The first-order chi connectivity index (χ1) is 10.1. The number of fused-ring (bicyclic) bond motifs is 1. The van der Waals surface area contributed by atoms with Crippen LogP contribution in [-0.4, -0.2) is 12.6 Å². The van der Waals surface area contributed by atoms with E-state index in [-0.39, 0.29) is 6.10 Å². The molecule has 0 heterocycles. The molecule has 0 saturated heterocycles. The molecule has 1 unspecified atom stereocenters. The van der Waals surface area contributed by atoms with Crippen molar-refractivity contribution in [2.24, 2.45) is 5.92 Å². The predicted molar refractivity (Wildman–Crippen MR) is 90.8 cm³/mol. The lowest BCUT2D eigenvalue weighted by molar-refractivity contribution is 0.267. The molecule has 2 aromatic carbocycles. The normalized spacial score (nSPS) is 12.6. The zero-order valence-electron chi connectivity index (χ0n) is 13.2. The zero-order valence-corrected chi connectivity index (χ0v) is 13.2. The van der Waals surface area contributed by atoms with E-state index in [0.717, 1.165) is 18.8 Å². The molecule has 0 aliphatic heterocycles. The molecule has 1 atom stereocenters. The van der Waals surface area contributed by atoms with Gasteiger partial charge in [0, 0.05) is 12.1 Å². The van der Waals surface area contributed by atoms with Gasteiger partial charge in [-0.3, -0.25) is 0 Å². The highest BCUT2D eigenvalue weighted by molar-refractivity contribution is 5.87. The topological polar surface area (TPSA) is 21.3 Å². The Balaban J connectivity index is 2.34. The van der Waals surface area contributed by atoms with E-state index in [4.69, 9.17) is 4.74 Å². The number of nitrogens with one attached hydrogen (secondary N) is 1. The van der Waals surface area contributed by atoms with Crippen LogP contribution in [0.1, 0.15) is 26.3 Å². The molecule has 2 heteroatoms. The van der Waals surface area contributed by atoms with Crippen LogP contribution in [0.4, 0.5) is 0 Å². The van der Waals surface area contributed by atoms with Crippen molar-refractivity contribution in [1.82, 2.24) is 5.32 Å². The van der Waals surface area contributed by atoms with E-state index in [9.17, 15) is 0 Å². The highest BCUT2D eigenvalue weighted by Gasteiger charge is 2.10. The summed E-state index contributed by atoms with van der Waals surface area (Å²) in [6.45, 7) is 12.0. The second kappa shape index (κ2) is 7.28. The van der Waals surface area contributed by atoms with E-state index < -0.39 is 0 Å². The third-order valence-corrected chi connectivity index (χ3v) is 3.50. The van der Waals surface area contributed by atoms with E-state index in [1.807, 2.05) is 13.0 Å². The Morgan fingerprint density at radius 1 is 1.14 bits per heavy atom. The molecule has 0 aromatic heterocycles. The standard InChI is InChI=1S/C19H25NO/c1-5-15(4)21-19-11-10-16-8-6-7-9-17(16)18(19)13-20-12-14(2)3/h5-11,14-15,20H,1,12-13H2,2-4H3. The number of hydrogen-bond acceptors (Lipinski definition) is 2. The van der Waals surface area contributed by atoms with Crippen molar-refractivity contribution in [2.45, 2.75) is 33.4 Å². The molecule has 0 aliphatic rings. The SMILES string of the molecule is C=CC(C)Oc1ccc2ccccc2c1CNCC(C)C. The Bertz CT molecular complexity index is 604. The van der Waals surface area contributed by atoms with Gasteiger partial charge in [0.25, 0.3) is 0 Å². The highest BCUT2D eigenvalue weighted by atomic mass is 16.5. The van der Waals surface area contributed by atoms with E-state index in [1.54, 1.807) is 0 Å². The molecule has 2 aromatic rings. The minimum absolute atomic E-state index is 0.00927. The van der Waals surface area contributed by atoms with Crippen LogP contribution in [0.15, 0.2) is 49.1 Å². The van der Waals surface area contributed by atoms with Crippen molar-refractivity contribution < 1.29 is 4.74 Å². The predicted octanol–water partition coefficient (Wildman–Crippen LogP) is 4.54. The first kappa shape index (κ1) is 15.6. The van der Waals surface area contributed by atoms with Crippen LogP contribution in [-0.2, 0) is 6.54 Å². The van der Waals surface area contributed by atoms with Crippen LogP contribution in [0.3, 0.4) is 0 Å². The maximum absolute atomic E-state index is 6.00. The van der Waals surface area contributed by atoms with Crippen LogP contribution >= 0.6 is 0 Å². The highest BCUT2D eigenvalue weighted by Crippen LogP contribution is 2.29. The monoisotopic (exact) mass is 283 g/mol. The summed E-state index contributed by atoms with van der Waals surface area (Å²) >= 11 is 0. The lowest BCUT2D eigenvalue weighted by Crippen LogP contribution is -2.20. The van der Waals surface area contributed by atoms with E-state index in [1.165, 1.54) is 16.3 Å². The molecule has 2 rings (SSSR count). The molecule has 1 N–H and O–H groups in total. The molecule has 0 spiro atoms. The van der Waals surface area contributed by atoms with Gasteiger partial charge in [0.2, 0.25) is 0 Å². The minimum Gasteiger partial charge on any atom is -0.486 e. The molecule has 0 amide bonds. The fourth-order valence-electron chi connectivity index (χ4n) is 2.34. The van der Waals surface area contributed by atoms with E-state index in [2.05, 4.69) is 62.1 Å². The lowest BCUT2D eigenvalue weighted by Gasteiger charge is -2.18. The Morgan fingerprint density at radius 2 is 1.90 bits per heavy atom. The van der Waals surface area contributed by atoms with Gasteiger partial charge in [-0.2, -0.15) is 0 Å². The quantitative estimate of drug-likeness (QED) is 0.753. The average molecular weight is 283 g/mol. The number of benzene rings is 2. The van der Waals surface area contributed by atoms with Gasteiger partial charge in [-0.05, 0) is 36.2 Å². The van der Waals surface area contributed by atoms with Crippen LogP contribution < -0.4 is 10.1 Å². The molecule has 2 nitrogen and oxygen atoms in total. The maximum atomic E-state index is 6.00. The van der Waals surface area contributed by atoms with Crippen molar-refractivity contribution >= 4 is 10.8 Å².